The minimum Gasteiger partial charge on any atom is -0.481 e. The molecule has 61 heavy (non-hydrogen) atoms. The number of carboxylic acids is 1. The number of para-hydroxylation sites is 1. The number of likely N-dealkylation sites (N-methyl/N-ethyl adjacent to an activating group) is 2. The zero-order chi connectivity index (χ0) is 46.1. The van der Waals surface area contributed by atoms with Gasteiger partial charge in [-0.05, 0) is 24.5 Å². The molecule has 2 rings (SSSR count). The number of thiol groups is 1. The number of aromatic amines is 1. The molecule has 0 radical (unpaired) electrons. The van der Waals surface area contributed by atoms with E-state index in [1.54, 1.807) is 13.1 Å². The van der Waals surface area contributed by atoms with Crippen LogP contribution in [0.4, 0.5) is 0 Å². The Balaban J connectivity index is 2.17. The maximum atomic E-state index is 13.8. The van der Waals surface area contributed by atoms with Crippen LogP contribution in [0.1, 0.15) is 46.1 Å². The molecule has 0 aliphatic carbocycles. The average molecular weight is 877 g/mol. The number of nitrogens with one attached hydrogen (secondary N) is 7. The molecule has 1 heterocycles. The molecule has 0 unspecified atom stereocenters. The predicted octanol–water partition coefficient (Wildman–Crippen LogP) is -3.50. The number of aliphatic carboxylic acids is 1. The minimum atomic E-state index is -1.76. The molecular formula is C38H56N10O12S. The normalized spacial score (nSPS) is 13.9. The number of aromatic nitrogens is 1. The van der Waals surface area contributed by atoms with Crippen molar-refractivity contribution < 1.29 is 58.2 Å². The smallest absolute Gasteiger partial charge is 0.305 e. The Morgan fingerprint density at radius 1 is 0.770 bits per heavy atom. The van der Waals surface area contributed by atoms with Crippen molar-refractivity contribution in [3.63, 3.8) is 0 Å². The first-order valence-corrected chi connectivity index (χ1v) is 19.8. The molecule has 336 valence electrons. The summed E-state index contributed by atoms with van der Waals surface area (Å²) in [6.07, 6.45) is 0.928. The van der Waals surface area contributed by atoms with Crippen molar-refractivity contribution in [1.82, 2.24) is 46.7 Å². The van der Waals surface area contributed by atoms with E-state index in [4.69, 9.17) is 5.73 Å². The van der Waals surface area contributed by atoms with E-state index in [-0.39, 0.29) is 18.6 Å². The number of primary amides is 1. The fourth-order valence-corrected chi connectivity index (χ4v) is 6.11. The van der Waals surface area contributed by atoms with Crippen LogP contribution >= 0.6 is 12.6 Å². The van der Waals surface area contributed by atoms with E-state index in [1.807, 2.05) is 24.3 Å². The highest BCUT2D eigenvalue weighted by Gasteiger charge is 2.37. The fourth-order valence-electron chi connectivity index (χ4n) is 5.85. The van der Waals surface area contributed by atoms with E-state index in [0.29, 0.717) is 0 Å². The maximum Gasteiger partial charge on any atom is 0.305 e. The number of carbonyl (C=O) groups is 10. The first-order chi connectivity index (χ1) is 28.7. The number of benzene rings is 1. The van der Waals surface area contributed by atoms with Crippen molar-refractivity contribution in [2.24, 2.45) is 11.7 Å². The van der Waals surface area contributed by atoms with Gasteiger partial charge in [0.15, 0.2) is 0 Å². The van der Waals surface area contributed by atoms with Gasteiger partial charge in [0.25, 0.3) is 0 Å². The number of nitrogens with two attached hydrogens (primary N) is 1. The van der Waals surface area contributed by atoms with Gasteiger partial charge in [0.2, 0.25) is 53.2 Å². The zero-order valence-electron chi connectivity index (χ0n) is 34.8. The quantitative estimate of drug-likeness (QED) is 0.0458. The number of aliphatic hydroxyl groups is 1. The lowest BCUT2D eigenvalue weighted by Gasteiger charge is -2.32. The van der Waals surface area contributed by atoms with Crippen LogP contribution in [0.15, 0.2) is 30.5 Å². The summed E-state index contributed by atoms with van der Waals surface area (Å²) in [5, 5.41) is 34.7. The first-order valence-electron chi connectivity index (χ1n) is 19.2. The Morgan fingerprint density at radius 3 is 1.97 bits per heavy atom. The number of rotatable bonds is 24. The number of nitrogens with zero attached hydrogens (tertiary/aromatic N) is 2. The number of amides is 9. The molecule has 23 heteroatoms. The second-order valence-corrected chi connectivity index (χ2v) is 14.8. The molecule has 0 aliphatic rings. The predicted molar refractivity (Wildman–Crippen MR) is 222 cm³/mol. The SMILES string of the molecule is CCC(=O)N[C@H](Cc1c[nH]c2ccccc12)C(=O)N(C)[C@@H](C)C(=O)N[C@@H](CC(=O)O)C(=O)N[C@H](C(=O)N(C)[C@@H](CO)C(=O)NCC(=O)N[C@@H](CS)C(=O)NCC(N)=O)C(C)C. The standard InChI is InChI=1S/C38H56N10O12S/c1-7-29(51)43-25(12-21-14-40-23-11-9-8-10-22(21)23)37(59)47(5)20(4)33(55)45-24(13-31(53)54)35(57)46-32(19(2)3)38(60)48(6)27(17-49)36(58)42-16-30(52)44-26(18-61)34(56)41-15-28(39)50/h8-11,14,19-20,24-27,32,40,49,61H,7,12-13,15-18H2,1-6H3,(H2,39,50)(H,41,56)(H,42,58)(H,43,51)(H,44,52)(H,45,55)(H,46,57)(H,53,54)/t20-,24-,25+,26-,27-,32-/m0/s1. The molecule has 1 aromatic heterocycles. The molecule has 22 nitrogen and oxygen atoms in total. The molecule has 6 atom stereocenters. The third-order valence-electron chi connectivity index (χ3n) is 9.59. The molecule has 0 bridgehead atoms. The summed E-state index contributed by atoms with van der Waals surface area (Å²) in [7, 11) is 2.46. The molecule has 9 amide bonds. The Hall–Kier alpha value is -6.23. The summed E-state index contributed by atoms with van der Waals surface area (Å²) in [5.41, 5.74) is 6.54. The Labute approximate surface area is 357 Å². The Morgan fingerprint density at radius 2 is 1.39 bits per heavy atom. The number of hydrogen-bond acceptors (Lipinski definition) is 12. The largest absolute Gasteiger partial charge is 0.481 e. The van der Waals surface area contributed by atoms with Gasteiger partial charge in [-0.1, -0.05) is 39.0 Å². The average Bonchev–Trinajstić information content (AvgIpc) is 3.63. The van der Waals surface area contributed by atoms with Gasteiger partial charge in [0.1, 0.15) is 36.3 Å². The molecule has 1 aromatic carbocycles. The summed E-state index contributed by atoms with van der Waals surface area (Å²) in [4.78, 5) is 133. The van der Waals surface area contributed by atoms with Crippen LogP contribution < -0.4 is 37.6 Å². The lowest BCUT2D eigenvalue weighted by Crippen LogP contribution is -2.61. The fraction of sp³-hybridized carbons (Fsp3) is 0.526. The summed E-state index contributed by atoms with van der Waals surface area (Å²) in [5.74, 6) is -9.79. The van der Waals surface area contributed by atoms with Crippen molar-refractivity contribution in [2.75, 3.05) is 39.5 Å². The first kappa shape index (κ1) is 50.9. The van der Waals surface area contributed by atoms with Gasteiger partial charge in [0, 0.05) is 49.8 Å². The molecular weight excluding hydrogens is 821 g/mol. The van der Waals surface area contributed by atoms with Crippen LogP contribution in [0, 0.1) is 5.92 Å². The number of carboxylic acid groups (broad SMARTS) is 1. The minimum absolute atomic E-state index is 0.0717. The maximum absolute atomic E-state index is 13.8. The lowest BCUT2D eigenvalue weighted by atomic mass is 10.0. The van der Waals surface area contributed by atoms with Gasteiger partial charge in [-0.25, -0.2) is 0 Å². The van der Waals surface area contributed by atoms with E-state index in [2.05, 4.69) is 49.5 Å². The molecule has 0 saturated heterocycles. The molecule has 0 saturated carbocycles. The highest BCUT2D eigenvalue weighted by atomic mass is 32.1. The Bertz CT molecular complexity index is 1940. The number of hydrogen-bond donors (Lipinski definition) is 11. The second-order valence-electron chi connectivity index (χ2n) is 14.4. The molecule has 0 aliphatic heterocycles. The van der Waals surface area contributed by atoms with Crippen LogP contribution in [0.25, 0.3) is 10.9 Å². The van der Waals surface area contributed by atoms with Crippen LogP contribution in [0.3, 0.4) is 0 Å². The highest BCUT2D eigenvalue weighted by Crippen LogP contribution is 2.20. The van der Waals surface area contributed by atoms with Crippen molar-refractivity contribution in [1.29, 1.82) is 0 Å². The number of carbonyl (C=O) groups excluding carboxylic acids is 9. The third kappa shape index (κ3) is 15.1. The van der Waals surface area contributed by atoms with Crippen LogP contribution in [-0.2, 0) is 54.4 Å². The number of H-pyrrole nitrogens is 1. The second kappa shape index (κ2) is 24.1. The van der Waals surface area contributed by atoms with E-state index >= 15 is 0 Å². The summed E-state index contributed by atoms with van der Waals surface area (Å²) < 4.78 is 0. The molecule has 0 spiro atoms. The molecule has 2 aromatic rings. The highest BCUT2D eigenvalue weighted by molar-refractivity contribution is 7.80. The zero-order valence-corrected chi connectivity index (χ0v) is 35.7. The topological polar surface area (TPSA) is 332 Å². The number of aliphatic hydroxyl groups excluding tert-OH is 1. The lowest BCUT2D eigenvalue weighted by molar-refractivity contribution is -0.146. The third-order valence-corrected chi connectivity index (χ3v) is 9.95. The molecule has 0 fully saturated rings. The van der Waals surface area contributed by atoms with Gasteiger partial charge in [-0.2, -0.15) is 12.6 Å². The van der Waals surface area contributed by atoms with Crippen LogP contribution in [0.5, 0.6) is 0 Å². The van der Waals surface area contributed by atoms with Crippen molar-refractivity contribution >= 4 is 82.7 Å². The van der Waals surface area contributed by atoms with Gasteiger partial charge >= 0.3 is 5.97 Å². The van der Waals surface area contributed by atoms with Gasteiger partial charge in [-0.3, -0.25) is 47.9 Å². The van der Waals surface area contributed by atoms with Crippen LogP contribution in [-0.4, -0.2) is 160 Å². The summed E-state index contributed by atoms with van der Waals surface area (Å²) >= 11 is 3.98. The van der Waals surface area contributed by atoms with Gasteiger partial charge in [0.05, 0.1) is 26.1 Å². The summed E-state index contributed by atoms with van der Waals surface area (Å²) in [6, 6.07) is -1.01. The van der Waals surface area contributed by atoms with Gasteiger partial charge in [-0.15, -0.1) is 0 Å². The van der Waals surface area contributed by atoms with E-state index in [0.717, 1.165) is 33.3 Å². The van der Waals surface area contributed by atoms with E-state index in [1.165, 1.54) is 27.8 Å². The van der Waals surface area contributed by atoms with Crippen molar-refractivity contribution in [2.45, 2.75) is 83.2 Å². The monoisotopic (exact) mass is 876 g/mol. The number of fused-ring (bicyclic) bond motifs is 1. The summed E-state index contributed by atoms with van der Waals surface area (Å²) in [6.45, 7) is 3.89. The van der Waals surface area contributed by atoms with Gasteiger partial charge < -0.3 is 62.6 Å². The van der Waals surface area contributed by atoms with E-state index < -0.39 is 127 Å². The Kier molecular flexibility index (Phi) is 20.1. The van der Waals surface area contributed by atoms with E-state index in [9.17, 15) is 58.2 Å². The van der Waals surface area contributed by atoms with Crippen molar-refractivity contribution in [3.8, 4) is 0 Å². The van der Waals surface area contributed by atoms with Crippen molar-refractivity contribution in [3.05, 3.63) is 36.0 Å². The van der Waals surface area contributed by atoms with Crippen LogP contribution in [0.2, 0.25) is 0 Å². The molecule has 11 N–H and O–H groups in total.